The first kappa shape index (κ1) is 18.4. The second kappa shape index (κ2) is 7.60. The number of morpholine rings is 1. The van der Waals surface area contributed by atoms with Gasteiger partial charge in [-0.3, -0.25) is 9.69 Å². The second-order valence-corrected chi connectivity index (χ2v) is 7.89. The maximum absolute atomic E-state index is 12.7. The molecular formula is C21H29N3O3. The van der Waals surface area contributed by atoms with Gasteiger partial charge >= 0.3 is 6.03 Å². The Morgan fingerprint density at radius 2 is 1.89 bits per heavy atom. The fourth-order valence-corrected chi connectivity index (χ4v) is 4.79. The summed E-state index contributed by atoms with van der Waals surface area (Å²) in [5, 5.41) is 3.02. The largest absolute Gasteiger partial charge is 0.379 e. The number of anilines is 1. The number of benzene rings is 1. The van der Waals surface area contributed by atoms with Crippen molar-refractivity contribution in [3.8, 4) is 0 Å². The number of aryl methyl sites for hydroxylation is 1. The summed E-state index contributed by atoms with van der Waals surface area (Å²) in [6.45, 7) is 7.43. The number of hydrogen-bond donors (Lipinski definition) is 1. The third-order valence-electron chi connectivity index (χ3n) is 6.60. The maximum atomic E-state index is 12.7. The van der Waals surface area contributed by atoms with Crippen molar-refractivity contribution < 1.29 is 14.3 Å². The lowest BCUT2D eigenvalue weighted by Crippen LogP contribution is -2.59. The van der Waals surface area contributed by atoms with Crippen molar-refractivity contribution in [1.29, 1.82) is 0 Å². The van der Waals surface area contributed by atoms with E-state index in [1.54, 1.807) is 0 Å². The van der Waals surface area contributed by atoms with Crippen LogP contribution in [-0.4, -0.2) is 66.5 Å². The number of urea groups is 1. The van der Waals surface area contributed by atoms with Gasteiger partial charge in [-0.05, 0) is 49.4 Å². The summed E-state index contributed by atoms with van der Waals surface area (Å²) in [6.07, 6.45) is 4.49. The number of piperidine rings is 1. The first-order chi connectivity index (χ1) is 13.1. The summed E-state index contributed by atoms with van der Waals surface area (Å²) < 4.78 is 5.51. The lowest BCUT2D eigenvalue weighted by Gasteiger charge is -2.49. The normalized spacial score (nSPS) is 22.6. The van der Waals surface area contributed by atoms with Crippen molar-refractivity contribution in [3.63, 3.8) is 0 Å². The van der Waals surface area contributed by atoms with Crippen LogP contribution in [0.25, 0.3) is 0 Å². The molecule has 0 unspecified atom stereocenters. The van der Waals surface area contributed by atoms with Crippen LogP contribution in [0.1, 0.15) is 48.5 Å². The minimum atomic E-state index is -0.0362. The lowest BCUT2D eigenvalue weighted by molar-refractivity contribution is -0.0449. The van der Waals surface area contributed by atoms with Crippen molar-refractivity contribution in [3.05, 3.63) is 29.3 Å². The summed E-state index contributed by atoms with van der Waals surface area (Å²) in [5.41, 5.74) is 2.85. The van der Waals surface area contributed by atoms with Crippen molar-refractivity contribution in [2.75, 3.05) is 44.7 Å². The number of nitrogens with one attached hydrogen (secondary N) is 1. The van der Waals surface area contributed by atoms with Gasteiger partial charge in [0.1, 0.15) is 0 Å². The van der Waals surface area contributed by atoms with Crippen LogP contribution < -0.4 is 5.32 Å². The average molecular weight is 371 g/mol. The average Bonchev–Trinajstić information content (AvgIpc) is 3.09. The third kappa shape index (κ3) is 3.60. The van der Waals surface area contributed by atoms with Crippen molar-refractivity contribution in [1.82, 2.24) is 9.80 Å². The third-order valence-corrected chi connectivity index (χ3v) is 6.60. The smallest absolute Gasteiger partial charge is 0.321 e. The number of nitrogens with zero attached hydrogens (tertiary/aromatic N) is 2. The number of likely N-dealkylation sites (tertiary alicyclic amines) is 1. The topological polar surface area (TPSA) is 61.9 Å². The molecule has 0 atom stereocenters. The van der Waals surface area contributed by atoms with Crippen LogP contribution in [-0.2, 0) is 11.2 Å². The Hall–Kier alpha value is -1.92. The predicted molar refractivity (Wildman–Crippen MR) is 104 cm³/mol. The Morgan fingerprint density at radius 3 is 2.59 bits per heavy atom. The van der Waals surface area contributed by atoms with Gasteiger partial charge in [-0.2, -0.15) is 0 Å². The van der Waals surface area contributed by atoms with Crippen molar-refractivity contribution in [2.45, 2.75) is 44.6 Å². The highest BCUT2D eigenvalue weighted by Crippen LogP contribution is 2.33. The fourth-order valence-electron chi connectivity index (χ4n) is 4.79. The summed E-state index contributed by atoms with van der Waals surface area (Å²) >= 11 is 0. The molecule has 1 aromatic rings. The van der Waals surface area contributed by atoms with E-state index >= 15 is 0 Å². The Labute approximate surface area is 160 Å². The van der Waals surface area contributed by atoms with E-state index in [4.69, 9.17) is 4.74 Å². The van der Waals surface area contributed by atoms with E-state index < -0.39 is 0 Å². The van der Waals surface area contributed by atoms with E-state index in [0.717, 1.165) is 81.9 Å². The first-order valence-corrected chi connectivity index (χ1v) is 10.2. The molecule has 0 spiro atoms. The van der Waals surface area contributed by atoms with Gasteiger partial charge in [-0.15, -0.1) is 0 Å². The molecule has 0 bridgehead atoms. The van der Waals surface area contributed by atoms with Gasteiger partial charge in [-0.25, -0.2) is 4.79 Å². The molecule has 2 fully saturated rings. The van der Waals surface area contributed by atoms with Gasteiger partial charge in [0.15, 0.2) is 5.78 Å². The minimum absolute atomic E-state index is 0.0362. The monoisotopic (exact) mass is 371 g/mol. The maximum Gasteiger partial charge on any atom is 0.321 e. The molecule has 2 saturated heterocycles. The molecule has 0 saturated carbocycles. The molecule has 1 aromatic carbocycles. The van der Waals surface area contributed by atoms with E-state index in [2.05, 4.69) is 17.1 Å². The molecule has 2 amide bonds. The summed E-state index contributed by atoms with van der Waals surface area (Å²) in [6, 6.07) is 5.60. The molecule has 1 N–H and O–H groups in total. The molecule has 2 aliphatic heterocycles. The van der Waals surface area contributed by atoms with E-state index in [1.165, 1.54) is 0 Å². The molecule has 146 valence electrons. The zero-order valence-electron chi connectivity index (χ0n) is 16.1. The van der Waals surface area contributed by atoms with Crippen molar-refractivity contribution in [2.24, 2.45) is 0 Å². The Kier molecular flexibility index (Phi) is 5.19. The molecule has 2 heterocycles. The first-order valence-electron chi connectivity index (χ1n) is 10.2. The summed E-state index contributed by atoms with van der Waals surface area (Å²) in [4.78, 5) is 29.0. The Balaban J connectivity index is 1.36. The summed E-state index contributed by atoms with van der Waals surface area (Å²) in [5.74, 6) is 0.206. The highest BCUT2D eigenvalue weighted by Gasteiger charge is 2.39. The van der Waals surface area contributed by atoms with Crippen LogP contribution in [0.15, 0.2) is 18.2 Å². The zero-order valence-corrected chi connectivity index (χ0v) is 16.1. The van der Waals surface area contributed by atoms with Crippen LogP contribution in [0.5, 0.6) is 0 Å². The van der Waals surface area contributed by atoms with Crippen LogP contribution >= 0.6 is 0 Å². The molecule has 6 nitrogen and oxygen atoms in total. The number of fused-ring (bicyclic) bond motifs is 1. The van der Waals surface area contributed by atoms with Gasteiger partial charge in [0, 0.05) is 49.4 Å². The van der Waals surface area contributed by atoms with Gasteiger partial charge in [0.2, 0.25) is 0 Å². The standard InChI is InChI=1S/C21H29N3O3/c1-2-21(24-11-13-27-14-12-24)7-9-23(10-8-21)20(26)22-17-4-5-18-16(15-17)3-6-19(18)25/h4-5,15H,2-3,6-14H2,1H3,(H,22,26). The van der Waals surface area contributed by atoms with E-state index in [-0.39, 0.29) is 17.4 Å². The van der Waals surface area contributed by atoms with E-state index in [0.29, 0.717) is 6.42 Å². The SMILES string of the molecule is CCC1(N2CCOCC2)CCN(C(=O)Nc2ccc3c(c2)CCC3=O)CC1. The number of ketones is 1. The molecule has 0 aromatic heterocycles. The number of rotatable bonds is 3. The Bertz CT molecular complexity index is 719. The second-order valence-electron chi connectivity index (χ2n) is 7.89. The van der Waals surface area contributed by atoms with E-state index in [1.807, 2.05) is 23.1 Å². The van der Waals surface area contributed by atoms with Gasteiger partial charge in [0.05, 0.1) is 13.2 Å². The number of Topliss-reactive ketones (excluding diaryl/α,β-unsaturated/α-hetero) is 1. The van der Waals surface area contributed by atoms with Crippen molar-refractivity contribution >= 4 is 17.5 Å². The van der Waals surface area contributed by atoms with Gasteiger partial charge < -0.3 is 15.0 Å². The number of amides is 2. The van der Waals surface area contributed by atoms with Gasteiger partial charge in [-0.1, -0.05) is 6.92 Å². The van der Waals surface area contributed by atoms with Crippen LogP contribution in [0, 0.1) is 0 Å². The molecule has 1 aliphatic carbocycles. The molecule has 0 radical (unpaired) electrons. The number of carbonyl (C=O) groups excluding carboxylic acids is 2. The Morgan fingerprint density at radius 1 is 1.15 bits per heavy atom. The number of hydrogen-bond acceptors (Lipinski definition) is 4. The highest BCUT2D eigenvalue weighted by atomic mass is 16.5. The van der Waals surface area contributed by atoms with Gasteiger partial charge in [0.25, 0.3) is 0 Å². The molecular weight excluding hydrogens is 342 g/mol. The predicted octanol–water partition coefficient (Wildman–Crippen LogP) is 2.92. The fraction of sp³-hybridized carbons (Fsp3) is 0.619. The summed E-state index contributed by atoms with van der Waals surface area (Å²) in [7, 11) is 0. The molecule has 3 aliphatic rings. The zero-order chi connectivity index (χ0) is 18.9. The van der Waals surface area contributed by atoms with E-state index in [9.17, 15) is 9.59 Å². The van der Waals surface area contributed by atoms with Crippen LogP contribution in [0.2, 0.25) is 0 Å². The minimum Gasteiger partial charge on any atom is -0.379 e. The lowest BCUT2D eigenvalue weighted by atomic mass is 9.83. The van der Waals surface area contributed by atoms with Crippen LogP contribution in [0.4, 0.5) is 10.5 Å². The highest BCUT2D eigenvalue weighted by molar-refractivity contribution is 6.01. The quantitative estimate of drug-likeness (QED) is 0.887. The number of ether oxygens (including phenoxy) is 1. The molecule has 4 rings (SSSR count). The number of carbonyl (C=O) groups is 2. The molecule has 27 heavy (non-hydrogen) atoms. The van der Waals surface area contributed by atoms with Crippen LogP contribution in [0.3, 0.4) is 0 Å². The molecule has 6 heteroatoms.